The molecular weight excluding hydrogens is 852 g/mol. The fourth-order valence-electron chi connectivity index (χ4n) is 7.83. The molecule has 0 aromatic heterocycles. The smallest absolute Gasteiger partial charge is 0.217 e. The Balaban J connectivity index is 1.36. The molecule has 0 radical (unpaired) electrons. The first-order valence-electron chi connectivity index (χ1n) is 19.6. The van der Waals surface area contributed by atoms with Crippen molar-refractivity contribution in [2.45, 2.75) is 167 Å². The highest BCUT2D eigenvalue weighted by molar-refractivity contribution is 5.73. The average molecular weight is 911 g/mol. The van der Waals surface area contributed by atoms with Crippen molar-refractivity contribution in [1.29, 1.82) is 0 Å². The van der Waals surface area contributed by atoms with E-state index < -0.39 is 198 Å². The monoisotopic (exact) mass is 910 g/mol. The van der Waals surface area contributed by atoms with Crippen molar-refractivity contribution in [2.24, 2.45) is 0 Å². The highest BCUT2D eigenvalue weighted by Gasteiger charge is 2.57. The lowest BCUT2D eigenvalue weighted by Crippen LogP contribution is -2.70. The molecule has 62 heavy (non-hydrogen) atoms. The molecule has 5 fully saturated rings. The van der Waals surface area contributed by atoms with Gasteiger partial charge in [-0.25, -0.2) is 0 Å². The molecule has 1 unspecified atom stereocenters. The van der Waals surface area contributed by atoms with Crippen molar-refractivity contribution in [1.82, 2.24) is 10.6 Å². The van der Waals surface area contributed by atoms with Gasteiger partial charge in [-0.15, -0.1) is 0 Å². The van der Waals surface area contributed by atoms with Gasteiger partial charge in [-0.05, 0) is 0 Å². The van der Waals surface area contributed by atoms with E-state index in [4.69, 9.17) is 42.6 Å². The van der Waals surface area contributed by atoms with Crippen LogP contribution in [0.5, 0.6) is 0 Å². The Morgan fingerprint density at radius 1 is 0.387 bits per heavy atom. The highest BCUT2D eigenvalue weighted by Crippen LogP contribution is 2.35. The fourth-order valence-corrected chi connectivity index (χ4v) is 7.83. The van der Waals surface area contributed by atoms with E-state index in [1.165, 1.54) is 0 Å². The summed E-state index contributed by atoms with van der Waals surface area (Å²) in [5, 5.41) is 162. The van der Waals surface area contributed by atoms with Crippen molar-refractivity contribution in [3.63, 3.8) is 0 Å². The molecule has 5 rings (SSSR count). The first kappa shape index (κ1) is 51.0. The minimum absolute atomic E-state index is 0.791. The zero-order chi connectivity index (χ0) is 45.9. The predicted octanol–water partition coefficient (Wildman–Crippen LogP) is -11.6. The molecule has 0 aliphatic carbocycles. The molecule has 0 aromatic carbocycles. The van der Waals surface area contributed by atoms with Gasteiger partial charge >= 0.3 is 0 Å². The van der Waals surface area contributed by atoms with Crippen LogP contribution in [0.1, 0.15) is 13.8 Å². The number of amides is 2. The van der Waals surface area contributed by atoms with Crippen molar-refractivity contribution in [3.8, 4) is 0 Å². The maximum atomic E-state index is 12.4. The second kappa shape index (κ2) is 22.0. The SMILES string of the molecule is CC(=O)N[C@H]1[C@H](O[C@H]2[C@H](O)[C@H](O[C@H]3O[C@H](CO)[C@@H](O[C@@H]4O[C@H](CO)[C@H](O)[C@H](O)[C@H]4O)[C@H](O)[C@H]3NC(C)=O)C(O)O[C@@H]2CO)O[C@H](CO)[C@@H](O[C@@H]2O[C@H](CO)[C@H](O)[C@H](O)[C@H]2O)[C@@H]1O. The third kappa shape index (κ3) is 10.8. The van der Waals surface area contributed by atoms with Crippen LogP contribution < -0.4 is 10.6 Å². The van der Waals surface area contributed by atoms with Crippen LogP contribution >= 0.6 is 0 Å². The zero-order valence-electron chi connectivity index (χ0n) is 33.2. The average Bonchev–Trinajstić information content (AvgIpc) is 3.23. The molecule has 5 heterocycles. The van der Waals surface area contributed by atoms with Crippen LogP contribution in [0.25, 0.3) is 0 Å². The Hall–Kier alpha value is -2.02. The van der Waals surface area contributed by atoms with Gasteiger partial charge in [-0.1, -0.05) is 0 Å². The number of rotatable bonds is 15. The second-order valence-electron chi connectivity index (χ2n) is 15.4. The minimum atomic E-state index is -2.14. The largest absolute Gasteiger partial charge is 0.394 e. The summed E-state index contributed by atoms with van der Waals surface area (Å²) in [6.45, 7) is -2.48. The van der Waals surface area contributed by atoms with Gasteiger partial charge in [0, 0.05) is 13.8 Å². The Bertz CT molecular complexity index is 1440. The third-order valence-electron chi connectivity index (χ3n) is 11.1. The molecule has 2 amide bonds. The standard InChI is InChI=1S/C34H58N2O26/c1-8(42)35-15-19(46)26(60-33-23(50)21(48)17(44)10(3-37)55-33)13(6-40)57-31(15)59-28-12(5-39)54-30(53)29(25(28)52)62-32-16(36-9(2)43)20(47)27(14(7-41)58-32)61-34-24(51)22(49)18(45)11(4-38)56-34/h10-34,37-41,44-53H,3-7H2,1-2H3,(H,35,42)(H,36,43)/t10-,11-,12-,13-,14-,15-,16-,17+,18+,19-,20-,21+,22+,23-,24-,25+,26-,27-,28-,29+,30?,31+,32-,33+,34+/m1/s1. The van der Waals surface area contributed by atoms with Crippen LogP contribution in [0.4, 0.5) is 0 Å². The normalized spacial score (nSPS) is 49.0. The summed E-state index contributed by atoms with van der Waals surface area (Å²) in [6.07, 6.45) is -41.7. The van der Waals surface area contributed by atoms with Crippen molar-refractivity contribution in [3.05, 3.63) is 0 Å². The fraction of sp³-hybridized carbons (Fsp3) is 0.941. The van der Waals surface area contributed by atoms with Crippen LogP contribution in [0.15, 0.2) is 0 Å². The van der Waals surface area contributed by atoms with Gasteiger partial charge in [0.1, 0.15) is 122 Å². The van der Waals surface area contributed by atoms with Gasteiger partial charge in [0.05, 0.1) is 33.0 Å². The van der Waals surface area contributed by atoms with E-state index >= 15 is 0 Å². The first-order valence-corrected chi connectivity index (χ1v) is 19.6. The molecule has 5 saturated heterocycles. The van der Waals surface area contributed by atoms with Gasteiger partial charge < -0.3 is 130 Å². The Morgan fingerprint density at radius 2 is 0.694 bits per heavy atom. The Kier molecular flexibility index (Phi) is 18.1. The number of carbonyl (C=O) groups is 2. The molecule has 0 aromatic rings. The van der Waals surface area contributed by atoms with Crippen LogP contribution in [0, 0.1) is 0 Å². The topological polar surface area (TPSA) is 445 Å². The molecule has 0 saturated carbocycles. The van der Waals surface area contributed by atoms with Crippen LogP contribution in [0.2, 0.25) is 0 Å². The van der Waals surface area contributed by atoms with E-state index in [1.807, 2.05) is 0 Å². The number of hydrogen-bond acceptors (Lipinski definition) is 26. The van der Waals surface area contributed by atoms with Gasteiger partial charge in [0.15, 0.2) is 31.5 Å². The molecule has 28 nitrogen and oxygen atoms in total. The zero-order valence-corrected chi connectivity index (χ0v) is 33.2. The number of aliphatic hydroxyl groups is 15. The Morgan fingerprint density at radius 3 is 1.05 bits per heavy atom. The third-order valence-corrected chi connectivity index (χ3v) is 11.1. The predicted molar refractivity (Wildman–Crippen MR) is 190 cm³/mol. The summed E-state index contributed by atoms with van der Waals surface area (Å²) < 4.78 is 51.0. The number of carbonyl (C=O) groups excluding carboxylic acids is 2. The lowest BCUT2D eigenvalue weighted by atomic mass is 9.94. The quantitative estimate of drug-likeness (QED) is 0.0725. The van der Waals surface area contributed by atoms with Gasteiger partial charge in [0.25, 0.3) is 0 Å². The molecule has 360 valence electrons. The van der Waals surface area contributed by atoms with E-state index in [2.05, 4.69) is 10.6 Å². The summed E-state index contributed by atoms with van der Waals surface area (Å²) in [4.78, 5) is 24.7. The summed E-state index contributed by atoms with van der Waals surface area (Å²) in [7, 11) is 0. The number of hydrogen-bond donors (Lipinski definition) is 17. The Labute approximate surface area is 351 Å². The molecule has 17 N–H and O–H groups in total. The minimum Gasteiger partial charge on any atom is -0.394 e. The summed E-state index contributed by atoms with van der Waals surface area (Å²) in [5.74, 6) is -1.59. The molecule has 25 atom stereocenters. The lowest BCUT2D eigenvalue weighted by molar-refractivity contribution is -0.383. The maximum absolute atomic E-state index is 12.4. The van der Waals surface area contributed by atoms with Gasteiger partial charge in [-0.3, -0.25) is 9.59 Å². The molecule has 0 bridgehead atoms. The highest BCUT2D eigenvalue weighted by atomic mass is 16.8. The molecule has 28 heteroatoms. The molecule has 5 aliphatic rings. The number of ether oxygens (including phenoxy) is 9. The lowest BCUT2D eigenvalue weighted by Gasteiger charge is -2.50. The van der Waals surface area contributed by atoms with Crippen molar-refractivity contribution < 1.29 is 129 Å². The van der Waals surface area contributed by atoms with E-state index in [-0.39, 0.29) is 0 Å². The van der Waals surface area contributed by atoms with Crippen LogP contribution in [0.3, 0.4) is 0 Å². The van der Waals surface area contributed by atoms with Crippen molar-refractivity contribution in [2.75, 3.05) is 33.0 Å². The van der Waals surface area contributed by atoms with E-state index in [1.54, 1.807) is 0 Å². The number of nitrogens with one attached hydrogen (secondary N) is 2. The van der Waals surface area contributed by atoms with Crippen LogP contribution in [-0.2, 0) is 52.2 Å². The van der Waals surface area contributed by atoms with E-state index in [0.717, 1.165) is 13.8 Å². The van der Waals surface area contributed by atoms with Gasteiger partial charge in [-0.2, -0.15) is 0 Å². The second-order valence-corrected chi connectivity index (χ2v) is 15.4. The summed E-state index contributed by atoms with van der Waals surface area (Å²) in [5.41, 5.74) is 0. The molecular formula is C34H58N2O26. The van der Waals surface area contributed by atoms with E-state index in [9.17, 15) is 86.2 Å². The maximum Gasteiger partial charge on any atom is 0.217 e. The summed E-state index contributed by atoms with van der Waals surface area (Å²) >= 11 is 0. The van der Waals surface area contributed by atoms with Gasteiger partial charge in [0.2, 0.25) is 11.8 Å². The molecule has 5 aliphatic heterocycles. The van der Waals surface area contributed by atoms with E-state index in [0.29, 0.717) is 0 Å². The molecule has 0 spiro atoms. The first-order chi connectivity index (χ1) is 29.3. The van der Waals surface area contributed by atoms with Crippen LogP contribution in [-0.4, -0.2) is 275 Å². The van der Waals surface area contributed by atoms with Crippen molar-refractivity contribution >= 4 is 11.8 Å². The number of aliphatic hydroxyl groups excluding tert-OH is 15. The summed E-state index contributed by atoms with van der Waals surface area (Å²) in [6, 6.07) is -3.36.